The summed E-state index contributed by atoms with van der Waals surface area (Å²) in [6.07, 6.45) is 0.975. The van der Waals surface area contributed by atoms with E-state index in [1.165, 1.54) is 6.07 Å². The summed E-state index contributed by atoms with van der Waals surface area (Å²) in [4.78, 5) is 14.2. The van der Waals surface area contributed by atoms with Crippen LogP contribution in [-0.4, -0.2) is 62.2 Å². The Kier molecular flexibility index (Phi) is 7.67. The van der Waals surface area contributed by atoms with Crippen LogP contribution in [0.2, 0.25) is 18.1 Å². The Labute approximate surface area is 231 Å². The number of fused-ring (bicyclic) bond motifs is 2. The summed E-state index contributed by atoms with van der Waals surface area (Å²) in [7, 11) is -2.23. The van der Waals surface area contributed by atoms with Crippen LogP contribution in [0.4, 0.5) is 10.1 Å². The van der Waals surface area contributed by atoms with Crippen molar-refractivity contribution in [1.82, 2.24) is 4.90 Å². The van der Waals surface area contributed by atoms with E-state index in [9.17, 15) is 9.90 Å². The fourth-order valence-corrected chi connectivity index (χ4v) is 7.11. The second-order valence-electron chi connectivity index (χ2n) is 12.9. The number of amides is 1. The number of benzene rings is 2. The lowest BCUT2D eigenvalue weighted by atomic mass is 9.95. The zero-order valence-electron chi connectivity index (χ0n) is 23.6. The van der Waals surface area contributed by atoms with Gasteiger partial charge in [0.05, 0.1) is 24.0 Å². The molecule has 0 spiro atoms. The summed E-state index contributed by atoms with van der Waals surface area (Å²) in [5.74, 6) is 0.0900. The third-order valence-corrected chi connectivity index (χ3v) is 13.4. The quantitative estimate of drug-likeness (QED) is 0.453. The first-order chi connectivity index (χ1) is 18.3. The molecule has 1 amide bonds. The highest BCUT2D eigenvalue weighted by Gasteiger charge is 2.53. The lowest BCUT2D eigenvalue weighted by Gasteiger charge is -2.40. The highest BCUT2D eigenvalue weighted by atomic mass is 28.4. The number of rotatable bonds is 7. The van der Waals surface area contributed by atoms with Crippen LogP contribution in [0.25, 0.3) is 0 Å². The Morgan fingerprint density at radius 2 is 1.97 bits per heavy atom. The van der Waals surface area contributed by atoms with Crippen LogP contribution in [0, 0.1) is 11.7 Å². The first-order valence-electron chi connectivity index (χ1n) is 13.9. The Morgan fingerprint density at radius 1 is 1.23 bits per heavy atom. The van der Waals surface area contributed by atoms with Crippen LogP contribution in [-0.2, 0) is 20.6 Å². The number of likely N-dealkylation sites (tertiary alicyclic amines) is 1. The lowest BCUT2D eigenvalue weighted by molar-refractivity contribution is -0.120. The number of halogens is 1. The molecular formula is C30H41FN2O5Si. The van der Waals surface area contributed by atoms with Gasteiger partial charge < -0.3 is 24.3 Å². The van der Waals surface area contributed by atoms with Gasteiger partial charge in [0.25, 0.3) is 0 Å². The molecule has 0 unspecified atom stereocenters. The topological polar surface area (TPSA) is 80.3 Å². The van der Waals surface area contributed by atoms with Gasteiger partial charge in [0.1, 0.15) is 24.3 Å². The van der Waals surface area contributed by atoms with Gasteiger partial charge in [-0.1, -0.05) is 39.0 Å². The molecule has 2 fully saturated rings. The SMILES string of the molecule is CC(C)(C)[Si](C)(C)O[C@H](CN1C[C@H]2C[C@H](Oc3ccccc3)C[C@@]2(O)C1)c1cc(F)c2c(c1)COCC(=O)N2. The van der Waals surface area contributed by atoms with E-state index in [0.29, 0.717) is 25.1 Å². The smallest absolute Gasteiger partial charge is 0.250 e. The van der Waals surface area contributed by atoms with E-state index in [1.54, 1.807) is 0 Å². The van der Waals surface area contributed by atoms with Crippen molar-refractivity contribution in [3.05, 3.63) is 59.4 Å². The van der Waals surface area contributed by atoms with Crippen molar-refractivity contribution in [2.24, 2.45) is 5.92 Å². The van der Waals surface area contributed by atoms with Crippen LogP contribution in [0.15, 0.2) is 42.5 Å². The molecule has 3 aliphatic rings. The normalized spacial score (nSPS) is 26.5. The van der Waals surface area contributed by atoms with Gasteiger partial charge in [-0.15, -0.1) is 0 Å². The number of hydrogen-bond donors (Lipinski definition) is 2. The van der Waals surface area contributed by atoms with E-state index in [1.807, 2.05) is 36.4 Å². The maximum atomic E-state index is 15.3. The van der Waals surface area contributed by atoms with E-state index in [4.69, 9.17) is 13.9 Å². The summed E-state index contributed by atoms with van der Waals surface area (Å²) < 4.78 is 33.8. The minimum atomic E-state index is -2.23. The Hall–Kier alpha value is -2.30. The third kappa shape index (κ3) is 6.07. The van der Waals surface area contributed by atoms with E-state index < -0.39 is 19.7 Å². The molecule has 0 bridgehead atoms. The predicted molar refractivity (Wildman–Crippen MR) is 151 cm³/mol. The maximum absolute atomic E-state index is 15.3. The third-order valence-electron chi connectivity index (χ3n) is 8.90. The molecule has 39 heavy (non-hydrogen) atoms. The van der Waals surface area contributed by atoms with Crippen molar-refractivity contribution < 1.29 is 28.2 Å². The van der Waals surface area contributed by atoms with Gasteiger partial charge in [-0.05, 0) is 54.4 Å². The number of ether oxygens (including phenoxy) is 2. The molecule has 1 saturated heterocycles. The standard InChI is InChI=1S/C30H41FN2O5Si/c1-29(2,3)39(4,5)38-26(20-11-21-17-36-18-27(34)32-28(21)25(31)12-20)16-33-15-22-13-24(14-30(22,35)19-33)37-23-9-7-6-8-10-23/h6-12,22,24,26,35H,13-19H2,1-5H3,(H,32,34)/t22-,24+,26-,30-/m1/s1. The van der Waals surface area contributed by atoms with Gasteiger partial charge in [-0.3, -0.25) is 9.69 Å². The van der Waals surface area contributed by atoms with Crippen LogP contribution in [0.5, 0.6) is 5.75 Å². The van der Waals surface area contributed by atoms with Gasteiger partial charge in [0.15, 0.2) is 8.32 Å². The maximum Gasteiger partial charge on any atom is 0.250 e. The van der Waals surface area contributed by atoms with Gasteiger partial charge in [-0.25, -0.2) is 4.39 Å². The second kappa shape index (κ2) is 10.6. The molecular weight excluding hydrogens is 515 g/mol. The molecule has 1 aliphatic carbocycles. The molecule has 2 heterocycles. The zero-order valence-corrected chi connectivity index (χ0v) is 24.6. The number of β-amino-alcohol motifs (C(OH)–C–C–N with tert-alkyl or cyclic N) is 1. The number of carbonyl (C=O) groups excluding carboxylic acids is 1. The summed E-state index contributed by atoms with van der Waals surface area (Å²) in [6.45, 7) is 12.8. The first kappa shape index (κ1) is 28.2. The Balaban J connectivity index is 1.35. The number of nitrogens with one attached hydrogen (secondary N) is 1. The minimum Gasteiger partial charge on any atom is -0.490 e. The van der Waals surface area contributed by atoms with E-state index in [0.717, 1.165) is 24.3 Å². The molecule has 7 nitrogen and oxygen atoms in total. The van der Waals surface area contributed by atoms with Crippen molar-refractivity contribution >= 4 is 19.9 Å². The molecule has 0 radical (unpaired) electrons. The van der Waals surface area contributed by atoms with Crippen LogP contribution in [0.3, 0.4) is 0 Å². The molecule has 4 atom stereocenters. The number of nitrogens with zero attached hydrogens (tertiary/aromatic N) is 1. The molecule has 2 N–H and O–H groups in total. The van der Waals surface area contributed by atoms with E-state index in [2.05, 4.69) is 44.1 Å². The summed E-state index contributed by atoms with van der Waals surface area (Å²) in [5.41, 5.74) is 0.697. The summed E-state index contributed by atoms with van der Waals surface area (Å²) >= 11 is 0. The van der Waals surface area contributed by atoms with Crippen LogP contribution >= 0.6 is 0 Å². The monoisotopic (exact) mass is 556 g/mol. The van der Waals surface area contributed by atoms with Gasteiger partial charge in [0.2, 0.25) is 5.91 Å². The minimum absolute atomic E-state index is 0.0160. The fourth-order valence-electron chi connectivity index (χ4n) is 5.84. The second-order valence-corrected chi connectivity index (χ2v) is 17.7. The van der Waals surface area contributed by atoms with Crippen molar-refractivity contribution in [2.75, 3.05) is 31.6 Å². The summed E-state index contributed by atoms with van der Waals surface area (Å²) in [5, 5.41) is 14.2. The molecule has 1 saturated carbocycles. The van der Waals surface area contributed by atoms with Gasteiger partial charge in [-0.2, -0.15) is 0 Å². The van der Waals surface area contributed by atoms with Crippen LogP contribution < -0.4 is 10.1 Å². The number of carbonyl (C=O) groups is 1. The van der Waals surface area contributed by atoms with E-state index in [-0.39, 0.29) is 48.0 Å². The van der Waals surface area contributed by atoms with E-state index >= 15 is 4.39 Å². The first-order valence-corrected chi connectivity index (χ1v) is 16.8. The lowest BCUT2D eigenvalue weighted by Crippen LogP contribution is -2.44. The van der Waals surface area contributed by atoms with Crippen LogP contribution in [0.1, 0.15) is 50.8 Å². The average Bonchev–Trinajstić information content (AvgIpc) is 3.20. The molecule has 0 aromatic heterocycles. The zero-order chi connectivity index (χ0) is 28.0. The van der Waals surface area contributed by atoms with Gasteiger partial charge in [0, 0.05) is 37.5 Å². The average molecular weight is 557 g/mol. The van der Waals surface area contributed by atoms with Crippen molar-refractivity contribution in [1.29, 1.82) is 0 Å². The Morgan fingerprint density at radius 3 is 2.67 bits per heavy atom. The fraction of sp³-hybridized carbons (Fsp3) is 0.567. The summed E-state index contributed by atoms with van der Waals surface area (Å²) in [6, 6.07) is 13.1. The molecule has 2 aromatic carbocycles. The van der Waals surface area contributed by atoms with Crippen molar-refractivity contribution in [3.8, 4) is 5.75 Å². The number of hydrogen-bond acceptors (Lipinski definition) is 6. The molecule has 2 aliphatic heterocycles. The number of anilines is 1. The van der Waals surface area contributed by atoms with Crippen molar-refractivity contribution in [2.45, 2.75) is 76.2 Å². The largest absolute Gasteiger partial charge is 0.490 e. The highest BCUT2D eigenvalue weighted by Crippen LogP contribution is 2.45. The van der Waals surface area contributed by atoms with Crippen molar-refractivity contribution in [3.63, 3.8) is 0 Å². The highest BCUT2D eigenvalue weighted by molar-refractivity contribution is 6.74. The molecule has 9 heteroatoms. The molecule has 212 valence electrons. The number of aliphatic hydroxyl groups is 1. The predicted octanol–water partition coefficient (Wildman–Crippen LogP) is 5.26. The number of para-hydroxylation sites is 1. The molecule has 5 rings (SSSR count). The molecule has 2 aromatic rings. The Bertz CT molecular complexity index is 1200. The van der Waals surface area contributed by atoms with Gasteiger partial charge >= 0.3 is 0 Å².